The molecule has 2 amide bonds. The minimum absolute atomic E-state index is 0.104. The summed E-state index contributed by atoms with van der Waals surface area (Å²) in [5, 5.41) is 15.1. The van der Waals surface area contributed by atoms with Crippen molar-refractivity contribution >= 4 is 29.1 Å². The highest BCUT2D eigenvalue weighted by atomic mass is 35.5. The number of methoxy groups -OCH3 is 1. The number of aliphatic hydroxyl groups excluding tert-OH is 1. The third kappa shape index (κ3) is 5.64. The Balaban J connectivity index is 1.37. The number of hydrogen-bond donors (Lipinski definition) is 4. The van der Waals surface area contributed by atoms with Gasteiger partial charge in [-0.1, -0.05) is 11.6 Å². The Kier molecular flexibility index (Phi) is 7.82. The maximum atomic E-state index is 14.3. The predicted molar refractivity (Wildman–Crippen MR) is 129 cm³/mol. The molecule has 2 heterocycles. The number of aromatic amines is 1. The number of ether oxygens (including phenoxy) is 1. The first kappa shape index (κ1) is 25.5. The fraction of sp³-hybridized carbons (Fsp3) is 0.292. The minimum atomic E-state index is -1.15. The van der Waals surface area contributed by atoms with Gasteiger partial charge in [-0.15, -0.1) is 0 Å². The Morgan fingerprint density at radius 1 is 1.25 bits per heavy atom. The average Bonchev–Trinajstić information content (AvgIpc) is 3.50. The number of aromatic nitrogens is 2. The minimum Gasteiger partial charge on any atom is -0.494 e. The quantitative estimate of drug-likeness (QED) is 0.363. The molecule has 2 aromatic carbocycles. The smallest absolute Gasteiger partial charge is 0.291 e. The van der Waals surface area contributed by atoms with E-state index in [1.807, 2.05) is 0 Å². The number of anilines is 1. The lowest BCUT2D eigenvalue weighted by atomic mass is 10.1. The van der Waals surface area contributed by atoms with Crippen molar-refractivity contribution in [3.05, 3.63) is 64.6 Å². The van der Waals surface area contributed by atoms with Crippen LogP contribution in [0.25, 0.3) is 11.3 Å². The molecule has 1 atom stereocenters. The van der Waals surface area contributed by atoms with Gasteiger partial charge in [-0.25, -0.2) is 9.37 Å². The number of nitrogens with one attached hydrogen (secondary N) is 3. The number of carbonyl (C=O) groups is 2. The highest BCUT2D eigenvalue weighted by Gasteiger charge is 2.21. The van der Waals surface area contributed by atoms with Gasteiger partial charge >= 0.3 is 0 Å². The van der Waals surface area contributed by atoms with Crippen molar-refractivity contribution < 1.29 is 28.2 Å². The van der Waals surface area contributed by atoms with Crippen molar-refractivity contribution in [2.75, 3.05) is 38.6 Å². The fourth-order valence-electron chi connectivity index (χ4n) is 3.88. The van der Waals surface area contributed by atoms with Crippen LogP contribution in [-0.4, -0.2) is 71.2 Å². The summed E-state index contributed by atoms with van der Waals surface area (Å²) in [5.41, 5.74) is 0.549. The number of amides is 2. The Hall–Kier alpha value is -3.54. The normalized spacial score (nSPS) is 15.6. The van der Waals surface area contributed by atoms with Crippen molar-refractivity contribution in [2.45, 2.75) is 12.5 Å². The maximum Gasteiger partial charge on any atom is 0.291 e. The van der Waals surface area contributed by atoms with E-state index < -0.39 is 17.5 Å². The second-order valence-electron chi connectivity index (χ2n) is 8.24. The van der Waals surface area contributed by atoms with Crippen molar-refractivity contribution in [1.82, 2.24) is 20.2 Å². The van der Waals surface area contributed by atoms with E-state index in [0.717, 1.165) is 13.0 Å². The standard InChI is InChI=1S/C24H24ClF2N5O4/c1-36-19-5-4-16(20(26)21(19)27)18-11-29-22(31-18)24(35)30-13-2-3-15(17(25)10-13)23(34)28-7-9-32-8-6-14(33)12-32/h2-5,10-11,14,33H,6-9,12H2,1H3,(H,28,34)(H,29,31)(H,30,35). The summed E-state index contributed by atoms with van der Waals surface area (Å²) in [6.45, 7) is 2.40. The van der Waals surface area contributed by atoms with Crippen LogP contribution in [0, 0.1) is 11.6 Å². The molecule has 4 rings (SSSR count). The zero-order valence-corrected chi connectivity index (χ0v) is 20.0. The van der Waals surface area contributed by atoms with E-state index in [0.29, 0.717) is 25.3 Å². The molecule has 12 heteroatoms. The molecule has 1 aliphatic rings. The van der Waals surface area contributed by atoms with Gasteiger partial charge in [0, 0.05) is 37.4 Å². The van der Waals surface area contributed by atoms with Crippen LogP contribution in [0.15, 0.2) is 36.5 Å². The Morgan fingerprint density at radius 2 is 2.06 bits per heavy atom. The molecule has 1 aromatic heterocycles. The Bertz CT molecular complexity index is 1290. The van der Waals surface area contributed by atoms with Crippen LogP contribution in [0.3, 0.4) is 0 Å². The fourth-order valence-corrected chi connectivity index (χ4v) is 4.14. The molecule has 0 saturated carbocycles. The second kappa shape index (κ2) is 11.0. The van der Waals surface area contributed by atoms with Gasteiger partial charge in [0.1, 0.15) is 0 Å². The van der Waals surface area contributed by atoms with Crippen molar-refractivity contribution in [2.24, 2.45) is 0 Å². The number of benzene rings is 2. The number of likely N-dealkylation sites (tertiary alicyclic amines) is 1. The molecule has 0 radical (unpaired) electrons. The topological polar surface area (TPSA) is 120 Å². The largest absolute Gasteiger partial charge is 0.494 e. The summed E-state index contributed by atoms with van der Waals surface area (Å²) < 4.78 is 33.1. The molecule has 4 N–H and O–H groups in total. The lowest BCUT2D eigenvalue weighted by Crippen LogP contribution is -2.34. The molecule has 0 aliphatic carbocycles. The predicted octanol–water partition coefficient (Wildman–Crippen LogP) is 3.07. The van der Waals surface area contributed by atoms with Crippen LogP contribution in [-0.2, 0) is 0 Å². The first-order valence-electron chi connectivity index (χ1n) is 11.1. The molecule has 190 valence electrons. The SMILES string of the molecule is COc1ccc(-c2cnc(C(=O)Nc3ccc(C(=O)NCCN4CCC(O)C4)c(Cl)c3)[nH]2)c(F)c1F. The number of carbonyl (C=O) groups excluding carboxylic acids is 2. The number of imidazole rings is 1. The number of rotatable bonds is 8. The number of halogens is 3. The maximum absolute atomic E-state index is 14.3. The van der Waals surface area contributed by atoms with E-state index >= 15 is 0 Å². The number of aliphatic hydroxyl groups is 1. The van der Waals surface area contributed by atoms with Gasteiger partial charge < -0.3 is 25.5 Å². The van der Waals surface area contributed by atoms with Gasteiger partial charge in [-0.3, -0.25) is 14.5 Å². The second-order valence-corrected chi connectivity index (χ2v) is 8.64. The monoisotopic (exact) mass is 519 g/mol. The van der Waals surface area contributed by atoms with E-state index in [9.17, 15) is 23.5 Å². The van der Waals surface area contributed by atoms with Gasteiger partial charge in [-0.05, 0) is 36.8 Å². The van der Waals surface area contributed by atoms with Gasteiger partial charge in [-0.2, -0.15) is 4.39 Å². The van der Waals surface area contributed by atoms with Crippen LogP contribution in [0.1, 0.15) is 27.4 Å². The van der Waals surface area contributed by atoms with Crippen LogP contribution >= 0.6 is 11.6 Å². The summed E-state index contributed by atoms with van der Waals surface area (Å²) in [6.07, 6.45) is 1.61. The molecular formula is C24H24ClF2N5O4. The van der Waals surface area contributed by atoms with Crippen molar-refractivity contribution in [3.63, 3.8) is 0 Å². The van der Waals surface area contributed by atoms with E-state index in [-0.39, 0.29) is 45.4 Å². The third-order valence-electron chi connectivity index (χ3n) is 5.78. The van der Waals surface area contributed by atoms with Crippen molar-refractivity contribution in [3.8, 4) is 17.0 Å². The van der Waals surface area contributed by atoms with Crippen LogP contribution in [0.2, 0.25) is 5.02 Å². The number of hydrogen-bond acceptors (Lipinski definition) is 6. The molecule has 36 heavy (non-hydrogen) atoms. The first-order valence-corrected chi connectivity index (χ1v) is 11.5. The van der Waals surface area contributed by atoms with E-state index in [4.69, 9.17) is 16.3 Å². The zero-order valence-electron chi connectivity index (χ0n) is 19.3. The molecule has 0 spiro atoms. The highest BCUT2D eigenvalue weighted by molar-refractivity contribution is 6.34. The summed E-state index contributed by atoms with van der Waals surface area (Å²) in [7, 11) is 1.23. The third-order valence-corrected chi connectivity index (χ3v) is 6.09. The lowest BCUT2D eigenvalue weighted by Gasteiger charge is -2.15. The first-order chi connectivity index (χ1) is 17.3. The average molecular weight is 520 g/mol. The highest BCUT2D eigenvalue weighted by Crippen LogP contribution is 2.29. The summed E-state index contributed by atoms with van der Waals surface area (Å²) in [6, 6.07) is 7.00. The number of nitrogens with zero attached hydrogens (tertiary/aromatic N) is 2. The number of H-pyrrole nitrogens is 1. The van der Waals surface area contributed by atoms with Crippen LogP contribution in [0.4, 0.5) is 14.5 Å². The van der Waals surface area contributed by atoms with Gasteiger partial charge in [0.05, 0.1) is 35.7 Å². The van der Waals surface area contributed by atoms with Crippen LogP contribution in [0.5, 0.6) is 5.75 Å². The molecule has 1 fully saturated rings. The van der Waals surface area contributed by atoms with Crippen LogP contribution < -0.4 is 15.4 Å². The summed E-state index contributed by atoms with van der Waals surface area (Å²) in [4.78, 5) is 33.7. The van der Waals surface area contributed by atoms with Gasteiger partial charge in [0.25, 0.3) is 11.8 Å². The van der Waals surface area contributed by atoms with E-state index in [2.05, 4.69) is 25.5 Å². The summed E-state index contributed by atoms with van der Waals surface area (Å²) in [5.74, 6) is -3.66. The Labute approximate surface area is 210 Å². The molecule has 1 unspecified atom stereocenters. The molecular weight excluding hydrogens is 496 g/mol. The molecule has 3 aromatic rings. The number of β-amino-alcohol motifs (C(OH)–C–C–N with tert-alkyl or cyclic N) is 1. The Morgan fingerprint density at radius 3 is 2.75 bits per heavy atom. The summed E-state index contributed by atoms with van der Waals surface area (Å²) >= 11 is 6.25. The van der Waals surface area contributed by atoms with Gasteiger partial charge in [0.2, 0.25) is 5.82 Å². The molecule has 1 aliphatic heterocycles. The van der Waals surface area contributed by atoms with Crippen molar-refractivity contribution in [1.29, 1.82) is 0 Å². The van der Waals surface area contributed by atoms with E-state index in [1.54, 1.807) is 0 Å². The van der Waals surface area contributed by atoms with E-state index in [1.165, 1.54) is 43.6 Å². The zero-order chi connectivity index (χ0) is 25.8. The lowest BCUT2D eigenvalue weighted by molar-refractivity contribution is 0.0948. The molecule has 0 bridgehead atoms. The van der Waals surface area contributed by atoms with Gasteiger partial charge in [0.15, 0.2) is 17.4 Å². The molecule has 1 saturated heterocycles. The molecule has 9 nitrogen and oxygen atoms in total.